The van der Waals surface area contributed by atoms with E-state index in [1.54, 1.807) is 0 Å². The Bertz CT molecular complexity index is 475. The summed E-state index contributed by atoms with van der Waals surface area (Å²) < 4.78 is 1.87. The fourth-order valence-electron chi connectivity index (χ4n) is 3.31. The molecule has 1 N–H and O–H groups in total. The summed E-state index contributed by atoms with van der Waals surface area (Å²) in [6.45, 7) is 2.83. The largest absolute Gasteiger partial charge is 0.481 e. The van der Waals surface area contributed by atoms with Crippen LogP contribution in [0.25, 0.3) is 0 Å². The van der Waals surface area contributed by atoms with Crippen molar-refractivity contribution in [1.82, 2.24) is 14.7 Å². The number of hydrogen-bond donors (Lipinski definition) is 1. The molecule has 5 heteroatoms. The van der Waals surface area contributed by atoms with Crippen LogP contribution in [0.5, 0.6) is 0 Å². The minimum Gasteiger partial charge on any atom is -0.481 e. The monoisotopic (exact) mass is 279 g/mol. The van der Waals surface area contributed by atoms with Crippen molar-refractivity contribution >= 4 is 5.97 Å². The molecule has 112 valence electrons. The molecule has 1 fully saturated rings. The maximum atomic E-state index is 11.3. The Balaban J connectivity index is 2.15. The Labute approximate surface area is 120 Å². The van der Waals surface area contributed by atoms with Gasteiger partial charge in [0.2, 0.25) is 0 Å². The van der Waals surface area contributed by atoms with Crippen LogP contribution in [0, 0.1) is 6.92 Å². The third-order valence-corrected chi connectivity index (χ3v) is 4.82. The standard InChI is InChI=1S/C15H25N3O2/c1-12-13(10-16-18(12)3)11-17(2)15(9-14(19)20)7-5-4-6-8-15/h10H,4-9,11H2,1-3H3,(H,19,20). The van der Waals surface area contributed by atoms with Crippen LogP contribution in [0.15, 0.2) is 6.20 Å². The highest BCUT2D eigenvalue weighted by molar-refractivity contribution is 5.68. The third kappa shape index (κ3) is 3.03. The molecule has 0 aliphatic heterocycles. The third-order valence-electron chi connectivity index (χ3n) is 4.82. The van der Waals surface area contributed by atoms with Gasteiger partial charge in [-0.25, -0.2) is 0 Å². The van der Waals surface area contributed by atoms with E-state index in [2.05, 4.69) is 24.0 Å². The number of nitrogens with zero attached hydrogens (tertiary/aromatic N) is 3. The van der Waals surface area contributed by atoms with E-state index in [9.17, 15) is 9.90 Å². The van der Waals surface area contributed by atoms with E-state index < -0.39 is 5.97 Å². The molecule has 1 saturated carbocycles. The topological polar surface area (TPSA) is 58.4 Å². The predicted octanol–water partition coefficient (Wildman–Crippen LogP) is 2.34. The Hall–Kier alpha value is -1.36. The van der Waals surface area contributed by atoms with E-state index in [1.165, 1.54) is 12.0 Å². The molecule has 1 aliphatic rings. The average Bonchev–Trinajstić information content (AvgIpc) is 2.71. The van der Waals surface area contributed by atoms with Crippen LogP contribution >= 0.6 is 0 Å². The molecule has 0 atom stereocenters. The van der Waals surface area contributed by atoms with Gasteiger partial charge in [0.05, 0.1) is 12.6 Å². The molecule has 0 bridgehead atoms. The van der Waals surface area contributed by atoms with Crippen molar-refractivity contribution < 1.29 is 9.90 Å². The highest BCUT2D eigenvalue weighted by Crippen LogP contribution is 2.36. The molecule has 0 aromatic carbocycles. The molecule has 1 aromatic heterocycles. The average molecular weight is 279 g/mol. The molecule has 0 amide bonds. The van der Waals surface area contributed by atoms with Crippen LogP contribution in [-0.4, -0.2) is 38.3 Å². The van der Waals surface area contributed by atoms with E-state index in [1.807, 2.05) is 17.9 Å². The zero-order valence-electron chi connectivity index (χ0n) is 12.7. The molecule has 1 aromatic rings. The molecule has 0 unspecified atom stereocenters. The second-order valence-corrected chi connectivity index (χ2v) is 6.09. The van der Waals surface area contributed by atoms with Crippen LogP contribution in [0.3, 0.4) is 0 Å². The number of carboxylic acid groups (broad SMARTS) is 1. The summed E-state index contributed by atoms with van der Waals surface area (Å²) in [5, 5.41) is 13.5. The Kier molecular flexibility index (Phi) is 4.48. The van der Waals surface area contributed by atoms with Gasteiger partial charge in [0, 0.05) is 30.4 Å². The lowest BCUT2D eigenvalue weighted by Gasteiger charge is -2.44. The second-order valence-electron chi connectivity index (χ2n) is 6.09. The lowest BCUT2D eigenvalue weighted by Crippen LogP contribution is -2.49. The molecule has 5 nitrogen and oxygen atoms in total. The SMILES string of the molecule is Cc1c(CN(C)C2(CC(=O)O)CCCCC2)cnn1C. The van der Waals surface area contributed by atoms with Gasteiger partial charge in [0.15, 0.2) is 0 Å². The Morgan fingerprint density at radius 2 is 2.10 bits per heavy atom. The first-order valence-corrected chi connectivity index (χ1v) is 7.35. The van der Waals surface area contributed by atoms with E-state index in [0.29, 0.717) is 0 Å². The van der Waals surface area contributed by atoms with Crippen LogP contribution in [0.1, 0.15) is 49.8 Å². The van der Waals surface area contributed by atoms with Gasteiger partial charge in [-0.2, -0.15) is 5.10 Å². The highest BCUT2D eigenvalue weighted by atomic mass is 16.4. The number of aromatic nitrogens is 2. The minimum atomic E-state index is -0.693. The van der Waals surface area contributed by atoms with Crippen LogP contribution < -0.4 is 0 Å². The van der Waals surface area contributed by atoms with E-state index >= 15 is 0 Å². The Morgan fingerprint density at radius 3 is 2.60 bits per heavy atom. The molecule has 2 rings (SSSR count). The molecule has 20 heavy (non-hydrogen) atoms. The van der Waals surface area contributed by atoms with Gasteiger partial charge >= 0.3 is 5.97 Å². The summed E-state index contributed by atoms with van der Waals surface area (Å²) in [6, 6.07) is 0. The van der Waals surface area contributed by atoms with Crippen LogP contribution in [0.2, 0.25) is 0 Å². The lowest BCUT2D eigenvalue weighted by molar-refractivity contribution is -0.141. The maximum absolute atomic E-state index is 11.3. The predicted molar refractivity (Wildman–Crippen MR) is 77.5 cm³/mol. The summed E-state index contributed by atoms with van der Waals surface area (Å²) in [5.74, 6) is -0.693. The van der Waals surface area contributed by atoms with Crippen molar-refractivity contribution in [3.8, 4) is 0 Å². The molecule has 0 spiro atoms. The molecule has 1 aliphatic carbocycles. The smallest absolute Gasteiger partial charge is 0.305 e. The quantitative estimate of drug-likeness (QED) is 0.898. The zero-order valence-corrected chi connectivity index (χ0v) is 12.7. The van der Waals surface area contributed by atoms with Crippen molar-refractivity contribution in [2.45, 2.75) is 57.5 Å². The van der Waals surface area contributed by atoms with Crippen LogP contribution in [0.4, 0.5) is 0 Å². The lowest BCUT2D eigenvalue weighted by atomic mass is 9.78. The van der Waals surface area contributed by atoms with Gasteiger partial charge < -0.3 is 5.11 Å². The summed E-state index contributed by atoms with van der Waals surface area (Å²) in [5.41, 5.74) is 2.15. The number of aryl methyl sites for hydroxylation is 1. The van der Waals surface area contributed by atoms with Crippen molar-refractivity contribution in [3.63, 3.8) is 0 Å². The van der Waals surface area contributed by atoms with Crippen LogP contribution in [-0.2, 0) is 18.4 Å². The summed E-state index contributed by atoms with van der Waals surface area (Å²) >= 11 is 0. The maximum Gasteiger partial charge on any atom is 0.305 e. The summed E-state index contributed by atoms with van der Waals surface area (Å²) in [7, 11) is 3.99. The molecular weight excluding hydrogens is 254 g/mol. The van der Waals surface area contributed by atoms with Crippen molar-refractivity contribution in [1.29, 1.82) is 0 Å². The van der Waals surface area contributed by atoms with Crippen molar-refractivity contribution in [2.24, 2.45) is 7.05 Å². The van der Waals surface area contributed by atoms with Gasteiger partial charge in [-0.15, -0.1) is 0 Å². The number of rotatable bonds is 5. The first kappa shape index (κ1) is 15.0. The first-order chi connectivity index (χ1) is 9.44. The van der Waals surface area contributed by atoms with E-state index in [0.717, 1.165) is 37.9 Å². The zero-order chi connectivity index (χ0) is 14.8. The summed E-state index contributed by atoms with van der Waals surface area (Å²) in [6.07, 6.45) is 7.57. The number of carboxylic acids is 1. The van der Waals surface area contributed by atoms with Crippen molar-refractivity contribution in [3.05, 3.63) is 17.5 Å². The van der Waals surface area contributed by atoms with E-state index in [-0.39, 0.29) is 12.0 Å². The fourth-order valence-corrected chi connectivity index (χ4v) is 3.31. The second kappa shape index (κ2) is 5.95. The first-order valence-electron chi connectivity index (χ1n) is 7.35. The van der Waals surface area contributed by atoms with Gasteiger partial charge in [-0.3, -0.25) is 14.4 Å². The number of hydrogen-bond acceptors (Lipinski definition) is 3. The van der Waals surface area contributed by atoms with E-state index in [4.69, 9.17) is 0 Å². The molecule has 0 saturated heterocycles. The van der Waals surface area contributed by atoms with Gasteiger partial charge in [0.25, 0.3) is 0 Å². The van der Waals surface area contributed by atoms with Gasteiger partial charge in [0.1, 0.15) is 0 Å². The number of carbonyl (C=O) groups is 1. The normalized spacial score (nSPS) is 18.4. The molecular formula is C15H25N3O2. The van der Waals surface area contributed by atoms with Gasteiger partial charge in [-0.1, -0.05) is 19.3 Å². The van der Waals surface area contributed by atoms with Crippen molar-refractivity contribution in [2.75, 3.05) is 7.05 Å². The minimum absolute atomic E-state index is 0.188. The van der Waals surface area contributed by atoms with Gasteiger partial charge in [-0.05, 0) is 26.8 Å². The Morgan fingerprint density at radius 1 is 1.45 bits per heavy atom. The molecule has 1 heterocycles. The molecule has 0 radical (unpaired) electrons. The highest BCUT2D eigenvalue weighted by Gasteiger charge is 2.38. The fraction of sp³-hybridized carbons (Fsp3) is 0.733. The summed E-state index contributed by atoms with van der Waals surface area (Å²) in [4.78, 5) is 13.5. The number of aliphatic carboxylic acids is 1.